The first kappa shape index (κ1) is 32.7. The van der Waals surface area contributed by atoms with E-state index in [1.807, 2.05) is 0 Å². The zero-order valence-corrected chi connectivity index (χ0v) is 24.9. The number of hydrogen-bond acceptors (Lipinski definition) is 6. The Morgan fingerprint density at radius 3 is 2.37 bits per heavy atom. The van der Waals surface area contributed by atoms with Crippen LogP contribution in [0.5, 0.6) is 0 Å². The second-order valence-corrected chi connectivity index (χ2v) is 12.5. The molecule has 8 nitrogen and oxygen atoms in total. The molecule has 0 radical (unpaired) electrons. The van der Waals surface area contributed by atoms with Gasteiger partial charge in [-0.05, 0) is 47.2 Å². The van der Waals surface area contributed by atoms with Crippen LogP contribution in [-0.2, 0) is 32.8 Å². The molecule has 2 heterocycles. The zero-order chi connectivity index (χ0) is 30.9. The van der Waals surface area contributed by atoms with Gasteiger partial charge in [0.15, 0.2) is 5.85 Å². The van der Waals surface area contributed by atoms with Crippen molar-refractivity contribution in [3.05, 3.63) is 89.2 Å². The summed E-state index contributed by atoms with van der Waals surface area (Å²) in [6, 6.07) is 15.2. The third kappa shape index (κ3) is 8.89. The molecule has 1 unspecified atom stereocenters. The topological polar surface area (TPSA) is 101 Å². The number of nitrogens with zero attached hydrogens (tertiary/aromatic N) is 2. The van der Waals surface area contributed by atoms with Crippen molar-refractivity contribution < 1.29 is 36.7 Å². The lowest BCUT2D eigenvalue weighted by molar-refractivity contribution is -0.137. The highest BCUT2D eigenvalue weighted by atomic mass is 31.2. The predicted octanol–water partition coefficient (Wildman–Crippen LogP) is 7.33. The van der Waals surface area contributed by atoms with E-state index >= 15 is 0 Å². The number of aromatic nitrogens is 1. The fraction of sp³-hybridized carbons (Fsp3) is 0.419. The molecular weight excluding hydrogens is 582 g/mol. The molecule has 1 atom stereocenters. The van der Waals surface area contributed by atoms with E-state index in [1.54, 1.807) is 53.6 Å². The Balaban J connectivity index is 1.44. The number of benzene rings is 2. The summed E-state index contributed by atoms with van der Waals surface area (Å²) in [5.41, 5.74) is 1.57. The average Bonchev–Trinajstić information content (AvgIpc) is 3.46. The number of urea groups is 1. The third-order valence-corrected chi connectivity index (χ3v) is 9.12. The average molecular weight is 620 g/mol. The van der Waals surface area contributed by atoms with Crippen molar-refractivity contribution in [3.8, 4) is 11.1 Å². The normalized spacial score (nSPS) is 15.3. The van der Waals surface area contributed by atoms with Gasteiger partial charge in [0, 0.05) is 25.8 Å². The first-order chi connectivity index (χ1) is 20.6. The van der Waals surface area contributed by atoms with Gasteiger partial charge in [0.25, 0.3) is 0 Å². The Morgan fingerprint density at radius 2 is 1.72 bits per heavy atom. The van der Waals surface area contributed by atoms with Gasteiger partial charge in [-0.3, -0.25) is 9.55 Å². The van der Waals surface area contributed by atoms with Crippen molar-refractivity contribution in [2.24, 2.45) is 0 Å². The Labute approximate surface area is 249 Å². The summed E-state index contributed by atoms with van der Waals surface area (Å²) in [5, 5.41) is 13.4. The van der Waals surface area contributed by atoms with Gasteiger partial charge in [-0.25, -0.2) is 4.79 Å². The van der Waals surface area contributed by atoms with Crippen LogP contribution in [0.25, 0.3) is 11.1 Å². The van der Waals surface area contributed by atoms with Gasteiger partial charge in [0.05, 0.1) is 24.5 Å². The molecule has 2 N–H and O–H groups in total. The van der Waals surface area contributed by atoms with E-state index in [0.717, 1.165) is 42.9 Å². The molecule has 1 fully saturated rings. The molecule has 1 aliphatic rings. The number of rotatable bonds is 13. The molecule has 2 amide bonds. The first-order valence-electron chi connectivity index (χ1n) is 14.4. The lowest BCUT2D eigenvalue weighted by Gasteiger charge is -2.24. The van der Waals surface area contributed by atoms with Gasteiger partial charge >= 0.3 is 19.8 Å². The van der Waals surface area contributed by atoms with Gasteiger partial charge in [-0.2, -0.15) is 13.2 Å². The summed E-state index contributed by atoms with van der Waals surface area (Å²) < 4.78 is 63.3. The summed E-state index contributed by atoms with van der Waals surface area (Å²) in [6.45, 7) is 3.55. The number of unbranched alkanes of at least 4 members (excludes halogenated alkanes) is 3. The number of hydrogen-bond donors (Lipinski definition) is 2. The van der Waals surface area contributed by atoms with Crippen LogP contribution >= 0.6 is 7.60 Å². The van der Waals surface area contributed by atoms with E-state index in [2.05, 4.69) is 17.2 Å². The summed E-state index contributed by atoms with van der Waals surface area (Å²) in [4.78, 5) is 19.0. The molecule has 0 bridgehead atoms. The molecule has 0 spiro atoms. The highest BCUT2D eigenvalue weighted by Crippen LogP contribution is 2.61. The molecule has 3 aromatic rings. The number of aliphatic hydroxyl groups is 1. The Kier molecular flexibility index (Phi) is 11.4. The van der Waals surface area contributed by atoms with Crippen molar-refractivity contribution in [1.29, 1.82) is 0 Å². The Bertz CT molecular complexity index is 1380. The smallest absolute Gasteiger partial charge is 0.375 e. The standard InChI is InChI=1S/C31H37F3N3O5P/c1-2-3-4-7-17-35-30(39)37(18-16-23-12-15-28(36-21-23)29(38)43(40)41-19-20-42-43)22-24-10-13-25(14-11-24)26-8-5-6-9-27(26)31(32,33)34/h5-6,8-15,21,29,38H,2-4,7,16-20,22H2,1H3,(H,35,39). The number of halogens is 3. The quantitative estimate of drug-likeness (QED) is 0.154. The Hall–Kier alpha value is -3.24. The highest BCUT2D eigenvalue weighted by molar-refractivity contribution is 7.54. The number of carbonyl (C=O) groups is 1. The van der Waals surface area contributed by atoms with E-state index in [1.165, 1.54) is 12.1 Å². The molecule has 4 rings (SSSR count). The number of pyridine rings is 1. The molecule has 43 heavy (non-hydrogen) atoms. The SMILES string of the molecule is CCCCCCNC(=O)N(CCc1ccc(C(O)P2(=O)OCCO2)nc1)Cc1ccc(-c2ccccc2C(F)(F)F)cc1. The van der Waals surface area contributed by atoms with E-state index in [-0.39, 0.29) is 37.0 Å². The van der Waals surface area contributed by atoms with Gasteiger partial charge in [0.2, 0.25) is 0 Å². The van der Waals surface area contributed by atoms with E-state index in [4.69, 9.17) is 9.05 Å². The molecule has 0 aliphatic carbocycles. The molecule has 1 aromatic heterocycles. The largest absolute Gasteiger partial charge is 0.417 e. The van der Waals surface area contributed by atoms with Gasteiger partial charge in [0.1, 0.15) is 0 Å². The number of nitrogens with one attached hydrogen (secondary N) is 1. The minimum absolute atomic E-state index is 0.0976. The van der Waals surface area contributed by atoms with Crippen molar-refractivity contribution >= 4 is 13.6 Å². The number of aliphatic hydroxyl groups excluding tert-OH is 1. The van der Waals surface area contributed by atoms with E-state index < -0.39 is 25.2 Å². The molecule has 12 heteroatoms. The van der Waals surface area contributed by atoms with E-state index in [9.17, 15) is 27.6 Å². The monoisotopic (exact) mass is 619 g/mol. The second kappa shape index (κ2) is 15.0. The maximum Gasteiger partial charge on any atom is 0.417 e. The molecular formula is C31H37F3N3O5P. The van der Waals surface area contributed by atoms with Gasteiger partial charge in [-0.15, -0.1) is 0 Å². The van der Waals surface area contributed by atoms with Gasteiger partial charge < -0.3 is 24.4 Å². The maximum absolute atomic E-state index is 13.5. The summed E-state index contributed by atoms with van der Waals surface area (Å²) in [6.07, 6.45) is 1.60. The van der Waals surface area contributed by atoms with Crippen molar-refractivity contribution in [1.82, 2.24) is 15.2 Å². The maximum atomic E-state index is 13.5. The second-order valence-electron chi connectivity index (χ2n) is 10.4. The molecule has 1 aliphatic heterocycles. The summed E-state index contributed by atoms with van der Waals surface area (Å²) in [7, 11) is -3.66. The minimum Gasteiger partial charge on any atom is -0.375 e. The third-order valence-electron chi connectivity index (χ3n) is 7.17. The summed E-state index contributed by atoms with van der Waals surface area (Å²) in [5.74, 6) is -1.48. The van der Waals surface area contributed by atoms with Gasteiger partial charge in [-0.1, -0.05) is 74.7 Å². The zero-order valence-electron chi connectivity index (χ0n) is 24.1. The molecule has 2 aromatic carbocycles. The van der Waals surface area contributed by atoms with Crippen LogP contribution in [0.3, 0.4) is 0 Å². The lowest BCUT2D eigenvalue weighted by Crippen LogP contribution is -2.41. The molecule has 0 saturated carbocycles. The van der Waals surface area contributed by atoms with Crippen molar-refractivity contribution in [3.63, 3.8) is 0 Å². The van der Waals surface area contributed by atoms with Crippen molar-refractivity contribution in [2.45, 2.75) is 57.6 Å². The fourth-order valence-corrected chi connectivity index (χ4v) is 6.27. The van der Waals surface area contributed by atoms with Crippen LogP contribution < -0.4 is 5.32 Å². The number of alkyl halides is 3. The van der Waals surface area contributed by atoms with Crippen LogP contribution in [0.15, 0.2) is 66.9 Å². The highest BCUT2D eigenvalue weighted by Gasteiger charge is 2.40. The predicted molar refractivity (Wildman–Crippen MR) is 157 cm³/mol. The van der Waals surface area contributed by atoms with E-state index in [0.29, 0.717) is 25.1 Å². The van der Waals surface area contributed by atoms with Crippen LogP contribution in [0.4, 0.5) is 18.0 Å². The fourth-order valence-electron chi connectivity index (χ4n) is 4.77. The molecule has 232 valence electrons. The lowest BCUT2D eigenvalue weighted by atomic mass is 9.98. The van der Waals surface area contributed by atoms with Crippen LogP contribution in [-0.4, -0.2) is 47.3 Å². The van der Waals surface area contributed by atoms with Crippen LogP contribution in [0, 0.1) is 0 Å². The van der Waals surface area contributed by atoms with Crippen LogP contribution in [0.1, 0.15) is 60.8 Å². The first-order valence-corrected chi connectivity index (χ1v) is 16.0. The minimum atomic E-state index is -4.47. The van der Waals surface area contributed by atoms with Crippen molar-refractivity contribution in [2.75, 3.05) is 26.3 Å². The number of carbonyl (C=O) groups excluding carboxylic acids is 1. The Morgan fingerprint density at radius 1 is 1.02 bits per heavy atom. The van der Waals surface area contributed by atoms with Crippen LogP contribution in [0.2, 0.25) is 0 Å². The number of amides is 2. The molecule has 1 saturated heterocycles. The summed E-state index contributed by atoms with van der Waals surface area (Å²) >= 11 is 0.